The van der Waals surface area contributed by atoms with E-state index in [9.17, 15) is 4.79 Å². The molecule has 0 heterocycles. The molecule has 2 nitrogen and oxygen atoms in total. The van der Waals surface area contributed by atoms with E-state index in [1.165, 1.54) is 0 Å². The lowest BCUT2D eigenvalue weighted by molar-refractivity contribution is 0.0954. The van der Waals surface area contributed by atoms with Gasteiger partial charge in [0.05, 0.1) is 10.6 Å². The van der Waals surface area contributed by atoms with Crippen LogP contribution < -0.4 is 5.32 Å². The Morgan fingerprint density at radius 1 is 1.53 bits per heavy atom. The van der Waals surface area contributed by atoms with Gasteiger partial charge in [0, 0.05) is 11.9 Å². The molecule has 0 spiro atoms. The predicted molar refractivity (Wildman–Crippen MR) is 63.8 cm³/mol. The summed E-state index contributed by atoms with van der Waals surface area (Å²) in [7, 11) is 0. The van der Waals surface area contributed by atoms with E-state index in [0.717, 1.165) is 5.56 Å². The Bertz CT molecular complexity index is 364. The van der Waals surface area contributed by atoms with Crippen LogP contribution in [0.25, 0.3) is 0 Å². The number of carbonyl (C=O) groups is 1. The van der Waals surface area contributed by atoms with Crippen molar-refractivity contribution in [2.45, 2.75) is 19.2 Å². The highest BCUT2D eigenvalue weighted by molar-refractivity contribution is 6.34. The molecule has 1 amide bonds. The van der Waals surface area contributed by atoms with E-state index in [0.29, 0.717) is 17.1 Å². The molecular formula is C11H13Cl2NO. The van der Waals surface area contributed by atoms with Gasteiger partial charge in [0.15, 0.2) is 0 Å². The number of nitrogens with one attached hydrogen (secondary N) is 1. The van der Waals surface area contributed by atoms with E-state index in [2.05, 4.69) is 5.32 Å². The molecule has 0 radical (unpaired) electrons. The average Bonchev–Trinajstić information content (AvgIpc) is 2.18. The van der Waals surface area contributed by atoms with Gasteiger partial charge in [0.25, 0.3) is 5.91 Å². The largest absolute Gasteiger partial charge is 0.351 e. The maximum absolute atomic E-state index is 11.7. The molecule has 1 N–H and O–H groups in total. The summed E-state index contributed by atoms with van der Waals surface area (Å²) in [6, 6.07) is 5.37. The van der Waals surface area contributed by atoms with Gasteiger partial charge in [0.2, 0.25) is 0 Å². The molecule has 1 unspecified atom stereocenters. The first-order valence-electron chi connectivity index (χ1n) is 4.69. The molecule has 1 rings (SSSR count). The second-order valence-corrected chi connectivity index (χ2v) is 4.55. The van der Waals surface area contributed by atoms with Crippen LogP contribution in [0.15, 0.2) is 18.2 Å². The summed E-state index contributed by atoms with van der Waals surface area (Å²) in [6.45, 7) is 4.12. The summed E-state index contributed by atoms with van der Waals surface area (Å²) < 4.78 is 0. The zero-order chi connectivity index (χ0) is 11.4. The number of hydrogen-bond donors (Lipinski definition) is 1. The fourth-order valence-electron chi connectivity index (χ4n) is 1.15. The third-order valence-electron chi connectivity index (χ3n) is 1.98. The topological polar surface area (TPSA) is 29.1 Å². The minimum Gasteiger partial charge on any atom is -0.351 e. The number of aryl methyl sites for hydroxylation is 1. The van der Waals surface area contributed by atoms with E-state index in [-0.39, 0.29) is 11.3 Å². The first-order valence-corrected chi connectivity index (χ1v) is 5.51. The van der Waals surface area contributed by atoms with E-state index in [1.54, 1.807) is 12.1 Å². The van der Waals surface area contributed by atoms with Crippen molar-refractivity contribution in [2.24, 2.45) is 0 Å². The number of alkyl halides is 1. The van der Waals surface area contributed by atoms with Crippen LogP contribution in [0.2, 0.25) is 5.02 Å². The lowest BCUT2D eigenvalue weighted by Gasteiger charge is -2.08. The number of hydrogen-bond acceptors (Lipinski definition) is 1. The first kappa shape index (κ1) is 12.3. The van der Waals surface area contributed by atoms with E-state index >= 15 is 0 Å². The highest BCUT2D eigenvalue weighted by Gasteiger charge is 2.11. The number of benzene rings is 1. The van der Waals surface area contributed by atoms with Crippen LogP contribution in [0.3, 0.4) is 0 Å². The fraction of sp³-hybridized carbons (Fsp3) is 0.364. The third-order valence-corrected chi connectivity index (χ3v) is 2.64. The Hall–Kier alpha value is -0.730. The molecule has 0 fully saturated rings. The van der Waals surface area contributed by atoms with E-state index < -0.39 is 0 Å². The van der Waals surface area contributed by atoms with Crippen LogP contribution in [-0.2, 0) is 0 Å². The molecule has 4 heteroatoms. The molecule has 1 aromatic rings. The number of rotatable bonds is 3. The molecule has 1 atom stereocenters. The number of amides is 1. The van der Waals surface area contributed by atoms with E-state index in [1.807, 2.05) is 19.9 Å². The summed E-state index contributed by atoms with van der Waals surface area (Å²) in [6.07, 6.45) is 0. The van der Waals surface area contributed by atoms with Crippen molar-refractivity contribution < 1.29 is 4.79 Å². The van der Waals surface area contributed by atoms with Gasteiger partial charge in [-0.25, -0.2) is 0 Å². The lowest BCUT2D eigenvalue weighted by Crippen LogP contribution is -2.28. The first-order chi connectivity index (χ1) is 7.02. The maximum atomic E-state index is 11.7. The molecule has 1 aromatic carbocycles. The van der Waals surface area contributed by atoms with E-state index in [4.69, 9.17) is 23.2 Å². The number of halogens is 2. The molecule has 0 aliphatic heterocycles. The Kier molecular flexibility index (Phi) is 4.43. The molecule has 0 saturated heterocycles. The van der Waals surface area contributed by atoms with Crippen molar-refractivity contribution in [3.8, 4) is 0 Å². The van der Waals surface area contributed by atoms with Crippen LogP contribution in [-0.4, -0.2) is 17.8 Å². The van der Waals surface area contributed by atoms with Crippen molar-refractivity contribution in [3.63, 3.8) is 0 Å². The van der Waals surface area contributed by atoms with Crippen molar-refractivity contribution in [3.05, 3.63) is 34.3 Å². The van der Waals surface area contributed by atoms with Gasteiger partial charge in [-0.15, -0.1) is 11.6 Å². The van der Waals surface area contributed by atoms with Gasteiger partial charge in [-0.05, 0) is 25.5 Å². The van der Waals surface area contributed by atoms with Crippen molar-refractivity contribution in [1.29, 1.82) is 0 Å². The lowest BCUT2D eigenvalue weighted by atomic mass is 10.1. The summed E-state index contributed by atoms with van der Waals surface area (Å²) in [5.41, 5.74) is 1.39. The summed E-state index contributed by atoms with van der Waals surface area (Å²) >= 11 is 11.7. The maximum Gasteiger partial charge on any atom is 0.252 e. The molecule has 82 valence electrons. The summed E-state index contributed by atoms with van der Waals surface area (Å²) in [4.78, 5) is 11.7. The predicted octanol–water partition coefficient (Wildman–Crippen LogP) is 3.01. The second-order valence-electron chi connectivity index (χ2n) is 3.43. The van der Waals surface area contributed by atoms with Crippen LogP contribution in [0, 0.1) is 6.92 Å². The zero-order valence-corrected chi connectivity index (χ0v) is 10.2. The summed E-state index contributed by atoms with van der Waals surface area (Å²) in [5, 5.41) is 3.12. The molecular weight excluding hydrogens is 233 g/mol. The van der Waals surface area contributed by atoms with Crippen LogP contribution in [0.1, 0.15) is 22.8 Å². The molecule has 15 heavy (non-hydrogen) atoms. The Morgan fingerprint density at radius 3 is 2.80 bits per heavy atom. The van der Waals surface area contributed by atoms with Gasteiger partial charge >= 0.3 is 0 Å². The minimum absolute atomic E-state index is 0.0856. The van der Waals surface area contributed by atoms with Crippen molar-refractivity contribution in [1.82, 2.24) is 5.32 Å². The highest BCUT2D eigenvalue weighted by atomic mass is 35.5. The van der Waals surface area contributed by atoms with Gasteiger partial charge in [-0.1, -0.05) is 23.7 Å². The van der Waals surface area contributed by atoms with Crippen LogP contribution >= 0.6 is 23.2 Å². The monoisotopic (exact) mass is 245 g/mol. The Labute approximate surface area is 99.6 Å². The normalized spacial score (nSPS) is 12.3. The molecule has 0 aromatic heterocycles. The Balaban J connectivity index is 2.78. The van der Waals surface area contributed by atoms with Gasteiger partial charge in [-0.3, -0.25) is 4.79 Å². The van der Waals surface area contributed by atoms with Gasteiger partial charge < -0.3 is 5.32 Å². The molecule has 0 aliphatic carbocycles. The van der Waals surface area contributed by atoms with Gasteiger partial charge in [0.1, 0.15) is 0 Å². The fourth-order valence-corrected chi connectivity index (χ4v) is 1.44. The SMILES string of the molecule is Cc1cccc(C(=O)NCC(C)Cl)c1Cl. The summed E-state index contributed by atoms with van der Waals surface area (Å²) in [5.74, 6) is -0.184. The van der Waals surface area contributed by atoms with Crippen LogP contribution in [0.5, 0.6) is 0 Å². The molecule has 0 saturated carbocycles. The smallest absolute Gasteiger partial charge is 0.252 e. The van der Waals surface area contributed by atoms with Crippen molar-refractivity contribution in [2.75, 3.05) is 6.54 Å². The third kappa shape index (κ3) is 3.40. The minimum atomic E-state index is -0.184. The quantitative estimate of drug-likeness (QED) is 0.816. The molecule has 0 aliphatic rings. The van der Waals surface area contributed by atoms with Gasteiger partial charge in [-0.2, -0.15) is 0 Å². The Morgan fingerprint density at radius 2 is 2.20 bits per heavy atom. The number of carbonyl (C=O) groups excluding carboxylic acids is 1. The van der Waals surface area contributed by atoms with Crippen molar-refractivity contribution >= 4 is 29.1 Å². The average molecular weight is 246 g/mol. The zero-order valence-electron chi connectivity index (χ0n) is 8.68. The highest BCUT2D eigenvalue weighted by Crippen LogP contribution is 2.19. The second kappa shape index (κ2) is 5.38. The molecule has 0 bridgehead atoms. The standard InChI is InChI=1S/C11H13Cl2NO/c1-7-4-3-5-9(10(7)13)11(15)14-6-8(2)12/h3-5,8H,6H2,1-2H3,(H,14,15). The van der Waals surface area contributed by atoms with Crippen LogP contribution in [0.4, 0.5) is 0 Å².